The topological polar surface area (TPSA) is 295 Å². The molecule has 284 valence electrons. The Morgan fingerprint density at radius 1 is 0.944 bits per heavy atom. The number of likely N-dealkylation sites (N-methyl/N-ethyl adjacent to an activating group) is 1. The molecule has 0 spiro atoms. The molecular formula is C31H33N11O11S. The number of amides is 2. The fourth-order valence-electron chi connectivity index (χ4n) is 4.44. The molecule has 54 heavy (non-hydrogen) atoms. The van der Waals surface area contributed by atoms with Crippen LogP contribution < -0.4 is 25.0 Å². The Morgan fingerprint density at radius 3 is 2.00 bits per heavy atom. The summed E-state index contributed by atoms with van der Waals surface area (Å²) in [7, 11) is -0.246. The van der Waals surface area contributed by atoms with E-state index in [9.17, 15) is 37.5 Å². The molecule has 1 unspecified atom stereocenters. The van der Waals surface area contributed by atoms with E-state index in [0.717, 1.165) is 5.69 Å². The number of carboxylic acid groups (broad SMARTS) is 1. The molecule has 4 N–H and O–H groups in total. The minimum absolute atomic E-state index is 0.0703. The van der Waals surface area contributed by atoms with Crippen molar-refractivity contribution in [3.63, 3.8) is 0 Å². The first-order valence-electron chi connectivity index (χ1n) is 15.5. The second-order valence-electron chi connectivity index (χ2n) is 11.0. The van der Waals surface area contributed by atoms with Crippen LogP contribution in [0.2, 0.25) is 0 Å². The van der Waals surface area contributed by atoms with Gasteiger partial charge in [-0.2, -0.15) is 18.6 Å². The maximum atomic E-state index is 12.5. The van der Waals surface area contributed by atoms with Gasteiger partial charge >= 0.3 is 5.97 Å². The van der Waals surface area contributed by atoms with Crippen molar-refractivity contribution in [3.05, 3.63) is 82.7 Å². The number of rotatable bonds is 18. The average Bonchev–Trinajstić information content (AvgIpc) is 3.63. The number of non-ortho nitro benzene ring substituents is 1. The van der Waals surface area contributed by atoms with Crippen LogP contribution in [0.1, 0.15) is 10.5 Å². The first-order valence-corrected chi connectivity index (χ1v) is 17.0. The third kappa shape index (κ3) is 11.1. The molecular weight excluding hydrogens is 734 g/mol. The smallest absolute Gasteiger partial charge is 0.322 e. The van der Waals surface area contributed by atoms with E-state index in [4.69, 9.17) is 14.6 Å². The average molecular weight is 768 g/mol. The highest BCUT2D eigenvalue weighted by Gasteiger charge is 2.32. The molecule has 0 bridgehead atoms. The molecule has 1 heterocycles. The fraction of sp³-hybridized carbons (Fsp3) is 0.258. The molecule has 0 radical (unpaired) electrons. The Morgan fingerprint density at radius 2 is 1.50 bits per heavy atom. The molecule has 0 saturated heterocycles. The number of nitro benzene ring substituents is 1. The molecule has 0 saturated carbocycles. The van der Waals surface area contributed by atoms with E-state index in [1.807, 2.05) is 29.4 Å². The third-order valence-electron chi connectivity index (χ3n) is 7.33. The third-order valence-corrected chi connectivity index (χ3v) is 8.43. The van der Waals surface area contributed by atoms with Crippen LogP contribution in [0.15, 0.2) is 87.3 Å². The molecule has 0 fully saturated rings. The van der Waals surface area contributed by atoms with Gasteiger partial charge in [-0.25, -0.2) is 4.68 Å². The zero-order chi connectivity index (χ0) is 39.4. The molecule has 1 atom stereocenters. The lowest BCUT2D eigenvalue weighted by Crippen LogP contribution is -2.48. The Bertz CT molecular complexity index is 2160. The SMILES string of the molecule is COc1cc(N=Nc2ccc([N+](=O)[O-])cc2)c(OC)cc1N=Nc1ccc(N(C)CCn2cc(C(=O)NCC(C(=O)NCC(=O)O)S(=O)(=O)O)nn2)cc1. The van der Waals surface area contributed by atoms with Crippen LogP contribution in [0.3, 0.4) is 0 Å². The maximum absolute atomic E-state index is 12.5. The Hall–Kier alpha value is -6.88. The van der Waals surface area contributed by atoms with Crippen LogP contribution in [0.5, 0.6) is 11.5 Å². The standard InChI is InChI=1S/C31H33N11O11S/c1-40(12-13-41-18-25(38-39-41)30(45)32-16-28(54(49,50)51)31(46)33-17-29(43)44)21-8-4-19(5-9-21)34-36-23-14-27(53-3)24(15-26(23)52-2)37-35-20-6-10-22(11-7-20)42(47)48/h4-11,14-15,18,28H,12-13,16-17H2,1-3H3,(H,32,45)(H,33,46)(H,43,44)(H,49,50,51). The van der Waals surface area contributed by atoms with E-state index < -0.39 is 51.2 Å². The fourth-order valence-corrected chi connectivity index (χ4v) is 5.09. The van der Waals surface area contributed by atoms with Crippen LogP contribution in [0, 0.1) is 10.1 Å². The summed E-state index contributed by atoms with van der Waals surface area (Å²) >= 11 is 0. The predicted molar refractivity (Wildman–Crippen MR) is 189 cm³/mol. The largest absolute Gasteiger partial charge is 0.494 e. The Kier molecular flexibility index (Phi) is 13.3. The number of nitro groups is 1. The van der Waals surface area contributed by atoms with Crippen molar-refractivity contribution in [1.29, 1.82) is 0 Å². The van der Waals surface area contributed by atoms with E-state index in [2.05, 4.69) is 36.1 Å². The van der Waals surface area contributed by atoms with Crippen molar-refractivity contribution in [2.75, 3.05) is 45.8 Å². The number of aliphatic carboxylic acids is 1. The highest BCUT2D eigenvalue weighted by molar-refractivity contribution is 7.87. The number of carbonyl (C=O) groups is 3. The molecule has 23 heteroatoms. The monoisotopic (exact) mass is 767 g/mol. The van der Waals surface area contributed by atoms with E-state index in [0.29, 0.717) is 40.8 Å². The van der Waals surface area contributed by atoms with Crippen molar-refractivity contribution in [2.24, 2.45) is 20.5 Å². The van der Waals surface area contributed by atoms with Gasteiger partial charge in [0.25, 0.3) is 21.7 Å². The molecule has 22 nitrogen and oxygen atoms in total. The molecule has 4 aromatic rings. The lowest BCUT2D eigenvalue weighted by atomic mass is 10.2. The minimum atomic E-state index is -4.97. The zero-order valence-electron chi connectivity index (χ0n) is 28.8. The minimum Gasteiger partial charge on any atom is -0.494 e. The predicted octanol–water partition coefficient (Wildman–Crippen LogP) is 3.36. The van der Waals surface area contributed by atoms with E-state index in [1.165, 1.54) is 49.4 Å². The van der Waals surface area contributed by atoms with Crippen molar-refractivity contribution in [1.82, 2.24) is 25.6 Å². The normalized spacial score (nSPS) is 12.0. The van der Waals surface area contributed by atoms with Crippen LogP contribution in [-0.4, -0.2) is 102 Å². The van der Waals surface area contributed by atoms with Gasteiger partial charge in [0.1, 0.15) is 29.4 Å². The summed E-state index contributed by atoms with van der Waals surface area (Å²) in [4.78, 5) is 47.4. The number of aromatic nitrogens is 3. The highest BCUT2D eigenvalue weighted by Crippen LogP contribution is 2.41. The van der Waals surface area contributed by atoms with Gasteiger partial charge in [-0.05, 0) is 36.4 Å². The summed E-state index contributed by atoms with van der Waals surface area (Å²) in [6, 6.07) is 15.8. The number of carbonyl (C=O) groups excluding carboxylic acids is 2. The first-order chi connectivity index (χ1) is 25.7. The van der Waals surface area contributed by atoms with Crippen LogP contribution in [-0.2, 0) is 26.3 Å². The van der Waals surface area contributed by atoms with Gasteiger partial charge in [-0.3, -0.25) is 29.1 Å². The van der Waals surface area contributed by atoms with Gasteiger partial charge in [-0.1, -0.05) is 5.21 Å². The van der Waals surface area contributed by atoms with Crippen LogP contribution >= 0.6 is 0 Å². The Balaban J connectivity index is 1.33. The number of ether oxygens (including phenoxy) is 2. The maximum Gasteiger partial charge on any atom is 0.322 e. The molecule has 3 aromatic carbocycles. The second-order valence-corrected chi connectivity index (χ2v) is 12.6. The van der Waals surface area contributed by atoms with Crippen molar-refractivity contribution < 1.29 is 46.9 Å². The number of hydrogen-bond acceptors (Lipinski definition) is 16. The van der Waals surface area contributed by atoms with Gasteiger partial charge in [0.15, 0.2) is 10.9 Å². The molecule has 0 aliphatic carbocycles. The number of hydrogen-bond donors (Lipinski definition) is 4. The lowest BCUT2D eigenvalue weighted by molar-refractivity contribution is -0.384. The number of nitrogens with zero attached hydrogens (tertiary/aromatic N) is 9. The summed E-state index contributed by atoms with van der Waals surface area (Å²) in [5.74, 6) is -2.95. The molecule has 1 aromatic heterocycles. The number of azo groups is 2. The summed E-state index contributed by atoms with van der Waals surface area (Å²) in [6.07, 6.45) is 1.30. The van der Waals surface area contributed by atoms with E-state index >= 15 is 0 Å². The van der Waals surface area contributed by atoms with Crippen molar-refractivity contribution in [3.8, 4) is 11.5 Å². The Labute approximate surface area is 306 Å². The summed E-state index contributed by atoms with van der Waals surface area (Å²) in [5.41, 5.74) is 2.15. The van der Waals surface area contributed by atoms with E-state index in [1.54, 1.807) is 24.3 Å². The summed E-state index contributed by atoms with van der Waals surface area (Å²) < 4.78 is 44.8. The lowest BCUT2D eigenvalue weighted by Gasteiger charge is -2.19. The quantitative estimate of drug-likeness (QED) is 0.0489. The molecule has 4 rings (SSSR count). The number of anilines is 1. The van der Waals surface area contributed by atoms with Gasteiger partial charge in [0.05, 0.1) is 43.3 Å². The van der Waals surface area contributed by atoms with Crippen molar-refractivity contribution >= 4 is 62.0 Å². The highest BCUT2D eigenvalue weighted by atomic mass is 32.2. The number of benzene rings is 3. The molecule has 2 amide bonds. The number of carboxylic acids is 1. The number of nitrogens with one attached hydrogen (secondary N) is 2. The van der Waals surface area contributed by atoms with Crippen molar-refractivity contribution in [2.45, 2.75) is 11.8 Å². The second kappa shape index (κ2) is 18.1. The molecule has 0 aliphatic heterocycles. The summed E-state index contributed by atoms with van der Waals surface area (Å²) in [5, 5.41) is 45.9. The van der Waals surface area contributed by atoms with E-state index in [-0.39, 0.29) is 17.9 Å². The first kappa shape index (κ1) is 39.9. The number of methoxy groups -OCH3 is 2. The van der Waals surface area contributed by atoms with Crippen LogP contribution in [0.4, 0.5) is 34.1 Å². The van der Waals surface area contributed by atoms with Gasteiger partial charge < -0.3 is 30.1 Å². The van der Waals surface area contributed by atoms with Gasteiger partial charge in [0.2, 0.25) is 5.91 Å². The molecule has 0 aliphatic rings. The summed E-state index contributed by atoms with van der Waals surface area (Å²) in [6.45, 7) is -1.02. The zero-order valence-corrected chi connectivity index (χ0v) is 29.6. The van der Waals surface area contributed by atoms with Crippen LogP contribution in [0.25, 0.3) is 0 Å². The van der Waals surface area contributed by atoms with Gasteiger partial charge in [0, 0.05) is 50.1 Å². The van der Waals surface area contributed by atoms with Gasteiger partial charge in [-0.15, -0.1) is 15.3 Å².